The molecule has 18 heavy (non-hydrogen) atoms. The zero-order chi connectivity index (χ0) is 12.5. The van der Waals surface area contributed by atoms with Crippen molar-refractivity contribution < 1.29 is 0 Å². The summed E-state index contributed by atoms with van der Waals surface area (Å²) < 4.78 is 0. The standard InChI is InChI=1S/C15H21N3/c1-11-9-13(11)10-17-15(16-2)18-8-7-12-5-3-4-6-14(12)18/h3-6,11,13H,7-10H2,1-2H3,(H,16,17). The molecule has 0 spiro atoms. The van der Waals surface area contributed by atoms with Gasteiger partial charge in [0.25, 0.3) is 0 Å². The number of benzene rings is 1. The number of hydrogen-bond acceptors (Lipinski definition) is 1. The summed E-state index contributed by atoms with van der Waals surface area (Å²) in [5, 5.41) is 3.52. The molecule has 1 N–H and O–H groups in total. The molecule has 0 radical (unpaired) electrons. The summed E-state index contributed by atoms with van der Waals surface area (Å²) >= 11 is 0. The molecule has 3 nitrogen and oxygen atoms in total. The quantitative estimate of drug-likeness (QED) is 0.637. The second kappa shape index (κ2) is 4.63. The van der Waals surface area contributed by atoms with Gasteiger partial charge in [-0.3, -0.25) is 4.99 Å². The first kappa shape index (κ1) is 11.6. The fourth-order valence-electron chi connectivity index (χ4n) is 2.76. The number of anilines is 1. The van der Waals surface area contributed by atoms with Crippen LogP contribution in [0.4, 0.5) is 5.69 Å². The summed E-state index contributed by atoms with van der Waals surface area (Å²) in [6.07, 6.45) is 2.48. The summed E-state index contributed by atoms with van der Waals surface area (Å²) in [5.41, 5.74) is 2.75. The number of guanidine groups is 1. The Morgan fingerprint density at radius 2 is 2.22 bits per heavy atom. The van der Waals surface area contributed by atoms with Crippen LogP contribution in [0, 0.1) is 11.8 Å². The molecule has 2 unspecified atom stereocenters. The Bertz CT molecular complexity index is 467. The summed E-state index contributed by atoms with van der Waals surface area (Å²) in [5.74, 6) is 2.76. The van der Waals surface area contributed by atoms with E-state index in [4.69, 9.17) is 0 Å². The van der Waals surface area contributed by atoms with E-state index in [1.165, 1.54) is 17.7 Å². The van der Waals surface area contributed by atoms with Crippen LogP contribution in [0.5, 0.6) is 0 Å². The average molecular weight is 243 g/mol. The van der Waals surface area contributed by atoms with Crippen LogP contribution in [0.15, 0.2) is 29.3 Å². The molecule has 0 saturated heterocycles. The first-order valence-corrected chi connectivity index (χ1v) is 6.85. The lowest BCUT2D eigenvalue weighted by Crippen LogP contribution is -2.41. The zero-order valence-electron chi connectivity index (χ0n) is 11.2. The third kappa shape index (κ3) is 2.09. The van der Waals surface area contributed by atoms with Gasteiger partial charge in [0.15, 0.2) is 5.96 Å². The highest BCUT2D eigenvalue weighted by Gasteiger charge is 2.33. The SMILES string of the molecule is CN=C(NCC1CC1C)N1CCc2ccccc21. The Kier molecular flexibility index (Phi) is 2.98. The van der Waals surface area contributed by atoms with Crippen LogP contribution in [-0.4, -0.2) is 26.1 Å². The minimum Gasteiger partial charge on any atom is -0.356 e. The molecular weight excluding hydrogens is 222 g/mol. The maximum absolute atomic E-state index is 4.43. The van der Waals surface area contributed by atoms with E-state index in [9.17, 15) is 0 Å². The Morgan fingerprint density at radius 1 is 1.44 bits per heavy atom. The van der Waals surface area contributed by atoms with E-state index in [1.807, 2.05) is 7.05 Å². The van der Waals surface area contributed by atoms with Crippen molar-refractivity contribution in [3.8, 4) is 0 Å². The van der Waals surface area contributed by atoms with Gasteiger partial charge in [-0.15, -0.1) is 0 Å². The van der Waals surface area contributed by atoms with E-state index in [-0.39, 0.29) is 0 Å². The lowest BCUT2D eigenvalue weighted by Gasteiger charge is -2.22. The van der Waals surface area contributed by atoms with Crippen molar-refractivity contribution in [1.82, 2.24) is 5.32 Å². The first-order chi connectivity index (χ1) is 8.79. The molecule has 1 heterocycles. The number of fused-ring (bicyclic) bond motifs is 1. The van der Waals surface area contributed by atoms with Gasteiger partial charge in [-0.25, -0.2) is 0 Å². The van der Waals surface area contributed by atoms with Gasteiger partial charge in [0.1, 0.15) is 0 Å². The molecule has 3 rings (SSSR count). The second-order valence-corrected chi connectivity index (χ2v) is 5.43. The Labute approximate surface area is 109 Å². The molecule has 1 aliphatic heterocycles. The smallest absolute Gasteiger partial charge is 0.198 e. The van der Waals surface area contributed by atoms with E-state index >= 15 is 0 Å². The number of hydrogen-bond donors (Lipinski definition) is 1. The van der Waals surface area contributed by atoms with Crippen LogP contribution < -0.4 is 10.2 Å². The van der Waals surface area contributed by atoms with E-state index < -0.39 is 0 Å². The van der Waals surface area contributed by atoms with Gasteiger partial charge >= 0.3 is 0 Å². The topological polar surface area (TPSA) is 27.6 Å². The second-order valence-electron chi connectivity index (χ2n) is 5.43. The van der Waals surface area contributed by atoms with Crippen LogP contribution >= 0.6 is 0 Å². The predicted octanol–water partition coefficient (Wildman–Crippen LogP) is 2.28. The normalized spacial score (nSPS) is 26.1. The monoisotopic (exact) mass is 243 g/mol. The van der Waals surface area contributed by atoms with Crippen molar-refractivity contribution in [2.24, 2.45) is 16.8 Å². The number of nitrogens with one attached hydrogen (secondary N) is 1. The van der Waals surface area contributed by atoms with Crippen LogP contribution in [0.3, 0.4) is 0 Å². The van der Waals surface area contributed by atoms with Gasteiger partial charge in [0, 0.05) is 25.8 Å². The van der Waals surface area contributed by atoms with Crippen molar-refractivity contribution in [1.29, 1.82) is 0 Å². The molecule has 3 heteroatoms. The minimum atomic E-state index is 0.847. The van der Waals surface area contributed by atoms with E-state index in [2.05, 4.69) is 46.4 Å². The molecule has 96 valence electrons. The number of para-hydroxylation sites is 1. The van der Waals surface area contributed by atoms with Crippen LogP contribution in [0.25, 0.3) is 0 Å². The van der Waals surface area contributed by atoms with Crippen molar-refractivity contribution in [2.45, 2.75) is 19.8 Å². The fraction of sp³-hybridized carbons (Fsp3) is 0.533. The van der Waals surface area contributed by atoms with Crippen molar-refractivity contribution in [3.05, 3.63) is 29.8 Å². The summed E-state index contributed by atoms with van der Waals surface area (Å²) in [7, 11) is 1.87. The molecule has 1 aromatic rings. The molecule has 1 saturated carbocycles. The fourth-order valence-corrected chi connectivity index (χ4v) is 2.76. The number of nitrogens with zero attached hydrogens (tertiary/aromatic N) is 2. The van der Waals surface area contributed by atoms with Crippen molar-refractivity contribution >= 4 is 11.6 Å². The maximum atomic E-state index is 4.43. The van der Waals surface area contributed by atoms with E-state index in [0.29, 0.717) is 0 Å². The van der Waals surface area contributed by atoms with Gasteiger partial charge in [0.05, 0.1) is 0 Å². The highest BCUT2D eigenvalue weighted by Crippen LogP contribution is 2.37. The van der Waals surface area contributed by atoms with Crippen molar-refractivity contribution in [2.75, 3.05) is 25.0 Å². The molecule has 0 bridgehead atoms. The van der Waals surface area contributed by atoms with E-state index in [0.717, 1.165) is 37.3 Å². The molecule has 2 aliphatic rings. The van der Waals surface area contributed by atoms with E-state index in [1.54, 1.807) is 0 Å². The maximum Gasteiger partial charge on any atom is 0.198 e. The van der Waals surface area contributed by atoms with Gasteiger partial charge in [-0.1, -0.05) is 25.1 Å². The summed E-state index contributed by atoms with van der Waals surface area (Å²) in [4.78, 5) is 6.73. The largest absolute Gasteiger partial charge is 0.356 e. The van der Waals surface area contributed by atoms with Crippen LogP contribution in [-0.2, 0) is 6.42 Å². The molecule has 2 atom stereocenters. The Balaban J connectivity index is 1.69. The van der Waals surface area contributed by atoms with Crippen LogP contribution in [0.1, 0.15) is 18.9 Å². The zero-order valence-corrected chi connectivity index (χ0v) is 11.2. The third-order valence-corrected chi connectivity index (χ3v) is 4.15. The van der Waals surface area contributed by atoms with Gasteiger partial charge < -0.3 is 10.2 Å². The predicted molar refractivity (Wildman–Crippen MR) is 76.1 cm³/mol. The van der Waals surface area contributed by atoms with Gasteiger partial charge in [-0.2, -0.15) is 0 Å². The van der Waals surface area contributed by atoms with Crippen LogP contribution in [0.2, 0.25) is 0 Å². The molecular formula is C15H21N3. The van der Waals surface area contributed by atoms with Gasteiger partial charge in [-0.05, 0) is 36.3 Å². The molecule has 0 aromatic heterocycles. The number of aliphatic imine (C=N–C) groups is 1. The Morgan fingerprint density at radius 3 is 2.94 bits per heavy atom. The summed E-state index contributed by atoms with van der Waals surface area (Å²) in [6.45, 7) is 4.42. The Hall–Kier alpha value is -1.51. The highest BCUT2D eigenvalue weighted by atomic mass is 15.3. The molecule has 0 amide bonds. The van der Waals surface area contributed by atoms with Gasteiger partial charge in [0.2, 0.25) is 0 Å². The third-order valence-electron chi connectivity index (χ3n) is 4.15. The molecule has 1 aliphatic carbocycles. The molecule has 1 aromatic carbocycles. The lowest BCUT2D eigenvalue weighted by molar-refractivity contribution is 0.704. The minimum absolute atomic E-state index is 0.847. The first-order valence-electron chi connectivity index (χ1n) is 6.85. The number of rotatable bonds is 2. The van der Waals surface area contributed by atoms with Crippen molar-refractivity contribution in [3.63, 3.8) is 0 Å². The summed E-state index contributed by atoms with van der Waals surface area (Å²) in [6, 6.07) is 8.62. The molecule has 1 fully saturated rings. The highest BCUT2D eigenvalue weighted by molar-refractivity contribution is 5.97. The lowest BCUT2D eigenvalue weighted by atomic mass is 10.2. The average Bonchev–Trinajstić information content (AvgIpc) is 2.94.